The third-order valence-electron chi connectivity index (χ3n) is 2.43. The summed E-state index contributed by atoms with van der Waals surface area (Å²) >= 11 is 0. The Morgan fingerprint density at radius 2 is 2.25 bits per heavy atom. The smallest absolute Gasteiger partial charge is 0.323 e. The molecular weight excluding hydrogens is 262 g/mol. The molecule has 0 heterocycles. The Bertz CT molecular complexity index is 525. The minimum atomic E-state index is -1.14. The standard InChI is InChI=1S/C13H15N3O4/c1-20-11-5-2-4-10(8-11)15-13(19)16(7-3-6-14)9-12(17)18/h2,4-5,8H,3,7,9H2,1H3,(H,15,19)(H,17,18). The van der Waals surface area contributed by atoms with E-state index in [2.05, 4.69) is 5.32 Å². The van der Waals surface area contributed by atoms with Gasteiger partial charge in [0.25, 0.3) is 0 Å². The second-order valence-electron chi connectivity index (χ2n) is 3.89. The van der Waals surface area contributed by atoms with Crippen molar-refractivity contribution in [2.45, 2.75) is 6.42 Å². The number of amides is 2. The summed E-state index contributed by atoms with van der Waals surface area (Å²) in [5.41, 5.74) is 0.488. The monoisotopic (exact) mass is 277 g/mol. The number of hydrogen-bond donors (Lipinski definition) is 2. The number of carboxylic acid groups (broad SMARTS) is 1. The third-order valence-corrected chi connectivity index (χ3v) is 2.43. The first-order valence-corrected chi connectivity index (χ1v) is 5.85. The Balaban J connectivity index is 2.73. The van der Waals surface area contributed by atoms with Crippen LogP contribution in [0.15, 0.2) is 24.3 Å². The number of nitriles is 1. The quantitative estimate of drug-likeness (QED) is 0.820. The molecule has 0 unspecified atom stereocenters. The van der Waals surface area contributed by atoms with Gasteiger partial charge in [-0.1, -0.05) is 6.07 Å². The van der Waals surface area contributed by atoms with Crippen LogP contribution in [0.2, 0.25) is 0 Å². The van der Waals surface area contributed by atoms with Crippen molar-refractivity contribution in [3.05, 3.63) is 24.3 Å². The van der Waals surface area contributed by atoms with Gasteiger partial charge in [0.15, 0.2) is 0 Å². The minimum Gasteiger partial charge on any atom is -0.497 e. The molecule has 2 N–H and O–H groups in total. The maximum absolute atomic E-state index is 12.0. The number of nitrogens with one attached hydrogen (secondary N) is 1. The van der Waals surface area contributed by atoms with E-state index in [0.717, 1.165) is 4.90 Å². The van der Waals surface area contributed by atoms with Crippen LogP contribution < -0.4 is 10.1 Å². The van der Waals surface area contributed by atoms with Crippen molar-refractivity contribution in [3.8, 4) is 11.8 Å². The predicted molar refractivity (Wildman–Crippen MR) is 71.5 cm³/mol. The van der Waals surface area contributed by atoms with Gasteiger partial charge in [0.1, 0.15) is 12.3 Å². The number of ether oxygens (including phenoxy) is 1. The Labute approximate surface area is 116 Å². The topological polar surface area (TPSA) is 103 Å². The maximum atomic E-state index is 12.0. The van der Waals surface area contributed by atoms with Gasteiger partial charge in [-0.05, 0) is 12.1 Å². The highest BCUT2D eigenvalue weighted by atomic mass is 16.5. The molecule has 2 amide bonds. The van der Waals surface area contributed by atoms with Crippen LogP contribution in [0.4, 0.5) is 10.5 Å². The molecule has 1 aromatic rings. The van der Waals surface area contributed by atoms with Crippen molar-refractivity contribution in [1.82, 2.24) is 4.90 Å². The number of benzene rings is 1. The molecule has 0 spiro atoms. The largest absolute Gasteiger partial charge is 0.497 e. The second-order valence-corrected chi connectivity index (χ2v) is 3.89. The average Bonchev–Trinajstić information content (AvgIpc) is 2.43. The van der Waals surface area contributed by atoms with Gasteiger partial charge in [0.2, 0.25) is 0 Å². The van der Waals surface area contributed by atoms with Gasteiger partial charge < -0.3 is 20.1 Å². The van der Waals surface area contributed by atoms with Crippen molar-refractivity contribution in [2.24, 2.45) is 0 Å². The van der Waals surface area contributed by atoms with Gasteiger partial charge in [-0.25, -0.2) is 4.79 Å². The summed E-state index contributed by atoms with van der Waals surface area (Å²) in [7, 11) is 1.50. The van der Waals surface area contributed by atoms with E-state index in [1.165, 1.54) is 7.11 Å². The molecule has 1 rings (SSSR count). The molecule has 1 aromatic carbocycles. The normalized spacial score (nSPS) is 9.40. The molecule has 0 aliphatic heterocycles. The zero-order valence-corrected chi connectivity index (χ0v) is 11.0. The number of nitrogens with zero attached hydrogens (tertiary/aromatic N) is 2. The van der Waals surface area contributed by atoms with E-state index in [4.69, 9.17) is 15.1 Å². The van der Waals surface area contributed by atoms with Crippen molar-refractivity contribution in [3.63, 3.8) is 0 Å². The Morgan fingerprint density at radius 1 is 1.50 bits per heavy atom. The maximum Gasteiger partial charge on any atom is 0.323 e. The lowest BCUT2D eigenvalue weighted by molar-refractivity contribution is -0.137. The lowest BCUT2D eigenvalue weighted by Crippen LogP contribution is -2.39. The lowest BCUT2D eigenvalue weighted by atomic mass is 10.3. The second kappa shape index (κ2) is 7.63. The van der Waals surface area contributed by atoms with Gasteiger partial charge in [0, 0.05) is 18.3 Å². The first-order chi connectivity index (χ1) is 9.56. The molecule has 0 radical (unpaired) electrons. The predicted octanol–water partition coefficient (Wildman–Crippen LogP) is 1.53. The molecule has 0 bridgehead atoms. The van der Waals surface area contributed by atoms with E-state index in [9.17, 15) is 9.59 Å². The number of carboxylic acids is 1. The van der Waals surface area contributed by atoms with E-state index in [1.54, 1.807) is 24.3 Å². The molecule has 0 aliphatic carbocycles. The van der Waals surface area contributed by atoms with Crippen LogP contribution in [0.5, 0.6) is 5.75 Å². The van der Waals surface area contributed by atoms with Crippen molar-refractivity contribution >= 4 is 17.7 Å². The van der Waals surface area contributed by atoms with Crippen LogP contribution >= 0.6 is 0 Å². The summed E-state index contributed by atoms with van der Waals surface area (Å²) in [6.45, 7) is -0.407. The fraction of sp³-hybridized carbons (Fsp3) is 0.308. The minimum absolute atomic E-state index is 0.0542. The van der Waals surface area contributed by atoms with Crippen LogP contribution in [0.3, 0.4) is 0 Å². The SMILES string of the molecule is COc1cccc(NC(=O)N(CCC#N)CC(=O)O)c1. The van der Waals surface area contributed by atoms with Crippen LogP contribution in [-0.2, 0) is 4.79 Å². The van der Waals surface area contributed by atoms with Gasteiger partial charge in [-0.3, -0.25) is 4.79 Å². The molecule has 106 valence electrons. The van der Waals surface area contributed by atoms with Gasteiger partial charge in [-0.2, -0.15) is 5.26 Å². The molecule has 0 atom stereocenters. The molecule has 0 aromatic heterocycles. The van der Waals surface area contributed by atoms with Crippen LogP contribution in [0.25, 0.3) is 0 Å². The van der Waals surface area contributed by atoms with Gasteiger partial charge >= 0.3 is 12.0 Å². The van der Waals surface area contributed by atoms with E-state index in [-0.39, 0.29) is 13.0 Å². The molecule has 0 fully saturated rings. The lowest BCUT2D eigenvalue weighted by Gasteiger charge is -2.20. The van der Waals surface area contributed by atoms with Crippen molar-refractivity contribution in [1.29, 1.82) is 5.26 Å². The first-order valence-electron chi connectivity index (χ1n) is 5.85. The fourth-order valence-corrected chi connectivity index (χ4v) is 1.50. The Kier molecular flexibility index (Phi) is 5.84. The van der Waals surface area contributed by atoms with Crippen LogP contribution in [0, 0.1) is 11.3 Å². The molecule has 20 heavy (non-hydrogen) atoms. The van der Waals surface area contributed by atoms with Gasteiger partial charge in [-0.15, -0.1) is 0 Å². The molecule has 0 saturated carbocycles. The summed E-state index contributed by atoms with van der Waals surface area (Å²) in [6, 6.07) is 7.99. The highest BCUT2D eigenvalue weighted by molar-refractivity contribution is 5.91. The number of urea groups is 1. The number of carbonyl (C=O) groups is 2. The number of anilines is 1. The van der Waals surface area contributed by atoms with E-state index >= 15 is 0 Å². The fourth-order valence-electron chi connectivity index (χ4n) is 1.50. The van der Waals surface area contributed by atoms with Crippen molar-refractivity contribution in [2.75, 3.05) is 25.5 Å². The zero-order chi connectivity index (χ0) is 15.0. The van der Waals surface area contributed by atoms with Crippen LogP contribution in [0.1, 0.15) is 6.42 Å². The summed E-state index contributed by atoms with van der Waals surface area (Å²) in [4.78, 5) is 23.7. The number of aliphatic carboxylic acids is 1. The summed E-state index contributed by atoms with van der Waals surface area (Å²) in [5, 5.41) is 19.8. The number of hydrogen-bond acceptors (Lipinski definition) is 4. The highest BCUT2D eigenvalue weighted by Gasteiger charge is 2.16. The first kappa shape index (κ1) is 15.3. The Hall–Kier alpha value is -2.75. The van der Waals surface area contributed by atoms with Crippen LogP contribution in [-0.4, -0.2) is 42.2 Å². The summed E-state index contributed by atoms with van der Waals surface area (Å²) in [6.07, 6.45) is 0.0683. The van der Waals surface area contributed by atoms with Gasteiger partial charge in [0.05, 0.1) is 19.6 Å². The average molecular weight is 277 g/mol. The molecular formula is C13H15N3O4. The summed E-state index contributed by atoms with van der Waals surface area (Å²) < 4.78 is 5.02. The number of carbonyl (C=O) groups excluding carboxylic acids is 1. The number of methoxy groups -OCH3 is 1. The summed E-state index contributed by atoms with van der Waals surface area (Å²) in [5.74, 6) is -0.562. The zero-order valence-electron chi connectivity index (χ0n) is 11.0. The molecule has 7 heteroatoms. The van der Waals surface area contributed by atoms with E-state index in [1.807, 2.05) is 6.07 Å². The highest BCUT2D eigenvalue weighted by Crippen LogP contribution is 2.17. The number of rotatable bonds is 6. The molecule has 0 saturated heterocycles. The van der Waals surface area contributed by atoms with E-state index in [0.29, 0.717) is 11.4 Å². The Morgan fingerprint density at radius 3 is 2.85 bits per heavy atom. The third kappa shape index (κ3) is 4.86. The molecule has 0 aliphatic rings. The van der Waals surface area contributed by atoms with Crippen molar-refractivity contribution < 1.29 is 19.4 Å². The van der Waals surface area contributed by atoms with E-state index < -0.39 is 18.5 Å². The molecule has 7 nitrogen and oxygen atoms in total.